The lowest BCUT2D eigenvalue weighted by Gasteiger charge is -2.04. The molecule has 0 atom stereocenters. The van der Waals surface area contributed by atoms with Crippen LogP contribution in [0.25, 0.3) is 0 Å². The van der Waals surface area contributed by atoms with Crippen LogP contribution in [0.3, 0.4) is 0 Å². The second-order valence-corrected chi connectivity index (χ2v) is 3.20. The monoisotopic (exact) mass is 191 g/mol. The van der Waals surface area contributed by atoms with Gasteiger partial charge in [-0.25, -0.2) is 4.39 Å². The summed E-state index contributed by atoms with van der Waals surface area (Å²) in [6.45, 7) is 0. The van der Waals surface area contributed by atoms with E-state index in [2.05, 4.69) is 0 Å². The van der Waals surface area contributed by atoms with Gasteiger partial charge in [0, 0.05) is 0 Å². The summed E-state index contributed by atoms with van der Waals surface area (Å²) < 4.78 is 12.9. The molecule has 0 amide bonds. The highest BCUT2D eigenvalue weighted by Gasteiger charge is 2.07. The average molecular weight is 192 g/mol. The molecule has 0 spiro atoms. The zero-order valence-electron chi connectivity index (χ0n) is 5.90. The van der Waals surface area contributed by atoms with Crippen molar-refractivity contribution in [1.29, 1.82) is 0 Å². The molecule has 0 aliphatic heterocycles. The predicted octanol–water partition coefficient (Wildman–Crippen LogP) is 2.78. The average Bonchev–Trinajstić information content (AvgIpc) is 1.99. The van der Waals surface area contributed by atoms with Gasteiger partial charge in [-0.05, 0) is 18.4 Å². The Labute approximate surface area is 73.7 Å². The lowest BCUT2D eigenvalue weighted by Crippen LogP contribution is -1.92. The van der Waals surface area contributed by atoms with E-state index in [1.165, 1.54) is 23.9 Å². The van der Waals surface area contributed by atoms with Crippen molar-refractivity contribution in [3.05, 3.63) is 23.0 Å². The molecule has 0 fully saturated rings. The van der Waals surface area contributed by atoms with Crippen LogP contribution in [-0.2, 0) is 0 Å². The minimum atomic E-state index is -0.320. The maximum Gasteiger partial charge on any atom is 0.138 e. The van der Waals surface area contributed by atoms with Gasteiger partial charge in [-0.3, -0.25) is 0 Å². The van der Waals surface area contributed by atoms with Crippen molar-refractivity contribution in [2.24, 2.45) is 0 Å². The summed E-state index contributed by atoms with van der Waals surface area (Å²) in [6.07, 6.45) is 1.76. The minimum absolute atomic E-state index is 0.319. The van der Waals surface area contributed by atoms with Gasteiger partial charge in [-0.15, -0.1) is 11.8 Å². The van der Waals surface area contributed by atoms with Crippen LogP contribution in [0.5, 0.6) is 0 Å². The summed E-state index contributed by atoms with van der Waals surface area (Å²) in [5, 5.41) is 0.399. The van der Waals surface area contributed by atoms with Gasteiger partial charge in [-0.2, -0.15) is 0 Å². The van der Waals surface area contributed by atoms with Gasteiger partial charge in [0.1, 0.15) is 5.82 Å². The van der Waals surface area contributed by atoms with Crippen LogP contribution in [0.1, 0.15) is 0 Å². The molecule has 11 heavy (non-hydrogen) atoms. The maximum absolute atomic E-state index is 12.9. The van der Waals surface area contributed by atoms with Gasteiger partial charge in [0.15, 0.2) is 0 Å². The normalized spacial score (nSPS) is 10.1. The van der Waals surface area contributed by atoms with Crippen molar-refractivity contribution < 1.29 is 4.39 Å². The first-order chi connectivity index (χ1) is 5.16. The fraction of sp³-hybridized carbons (Fsp3) is 0.143. The minimum Gasteiger partial charge on any atom is -0.397 e. The molecule has 1 aromatic rings. The Morgan fingerprint density at radius 2 is 2.18 bits per heavy atom. The van der Waals surface area contributed by atoms with Crippen molar-refractivity contribution in [3.8, 4) is 0 Å². The molecular weight excluding hydrogens is 185 g/mol. The van der Waals surface area contributed by atoms with E-state index in [0.29, 0.717) is 15.6 Å². The first-order valence-electron chi connectivity index (χ1n) is 2.94. The molecule has 2 N–H and O–H groups in total. The van der Waals surface area contributed by atoms with Crippen LogP contribution in [0.4, 0.5) is 10.1 Å². The molecule has 1 nitrogen and oxygen atoms in total. The summed E-state index contributed by atoms with van der Waals surface area (Å²) in [7, 11) is 0. The summed E-state index contributed by atoms with van der Waals surface area (Å²) in [6, 6.07) is 2.76. The second kappa shape index (κ2) is 3.32. The van der Waals surface area contributed by atoms with Crippen LogP contribution in [-0.4, -0.2) is 6.26 Å². The van der Waals surface area contributed by atoms with E-state index in [-0.39, 0.29) is 5.82 Å². The SMILES string of the molecule is CSc1c(F)ccc(Cl)c1N. The Kier molecular flexibility index (Phi) is 2.62. The number of benzene rings is 1. The van der Waals surface area contributed by atoms with Crippen LogP contribution in [0.2, 0.25) is 5.02 Å². The Morgan fingerprint density at radius 1 is 1.55 bits per heavy atom. The van der Waals surface area contributed by atoms with E-state index in [9.17, 15) is 4.39 Å². The quantitative estimate of drug-likeness (QED) is 0.546. The number of thioether (sulfide) groups is 1. The molecule has 0 aromatic heterocycles. The lowest BCUT2D eigenvalue weighted by molar-refractivity contribution is 0.603. The van der Waals surface area contributed by atoms with Crippen molar-refractivity contribution in [1.82, 2.24) is 0 Å². The number of nitrogen functional groups attached to an aromatic ring is 1. The van der Waals surface area contributed by atoms with Crippen molar-refractivity contribution in [2.75, 3.05) is 12.0 Å². The lowest BCUT2D eigenvalue weighted by atomic mass is 10.3. The van der Waals surface area contributed by atoms with Crippen LogP contribution < -0.4 is 5.73 Å². The van der Waals surface area contributed by atoms with Crippen LogP contribution in [0, 0.1) is 5.82 Å². The number of nitrogens with two attached hydrogens (primary N) is 1. The topological polar surface area (TPSA) is 26.0 Å². The molecule has 0 unspecified atom stereocenters. The predicted molar refractivity (Wildman–Crippen MR) is 47.6 cm³/mol. The first kappa shape index (κ1) is 8.68. The number of halogens is 2. The van der Waals surface area contributed by atoms with Crippen molar-refractivity contribution in [2.45, 2.75) is 4.90 Å². The van der Waals surface area contributed by atoms with Gasteiger partial charge in [-0.1, -0.05) is 11.6 Å². The van der Waals surface area contributed by atoms with E-state index in [0.717, 1.165) is 0 Å². The Bertz CT molecular complexity index is 277. The third-order valence-corrected chi connectivity index (χ3v) is 2.45. The van der Waals surface area contributed by atoms with E-state index in [4.69, 9.17) is 17.3 Å². The zero-order chi connectivity index (χ0) is 8.43. The molecule has 1 aromatic carbocycles. The molecular formula is C7H7ClFNS. The standard InChI is InChI=1S/C7H7ClFNS/c1-11-7-5(9)3-2-4(8)6(7)10/h2-3H,10H2,1H3. The van der Waals surface area contributed by atoms with E-state index in [1.807, 2.05) is 0 Å². The summed E-state index contributed by atoms with van der Waals surface area (Å²) in [5.41, 5.74) is 5.82. The third kappa shape index (κ3) is 1.60. The van der Waals surface area contributed by atoms with E-state index in [1.54, 1.807) is 6.26 Å². The third-order valence-electron chi connectivity index (χ3n) is 1.30. The van der Waals surface area contributed by atoms with Crippen molar-refractivity contribution >= 4 is 29.1 Å². The van der Waals surface area contributed by atoms with Gasteiger partial charge < -0.3 is 5.73 Å². The highest BCUT2D eigenvalue weighted by molar-refractivity contribution is 7.98. The van der Waals surface area contributed by atoms with Gasteiger partial charge >= 0.3 is 0 Å². The second-order valence-electron chi connectivity index (χ2n) is 1.98. The smallest absolute Gasteiger partial charge is 0.138 e. The van der Waals surface area contributed by atoms with E-state index >= 15 is 0 Å². The molecule has 60 valence electrons. The molecule has 4 heteroatoms. The van der Waals surface area contributed by atoms with Gasteiger partial charge in [0.2, 0.25) is 0 Å². The Morgan fingerprint density at radius 3 is 2.64 bits per heavy atom. The fourth-order valence-electron chi connectivity index (χ4n) is 0.756. The zero-order valence-corrected chi connectivity index (χ0v) is 7.47. The molecule has 1 rings (SSSR count). The Hall–Kier alpha value is -0.410. The summed E-state index contributed by atoms with van der Waals surface area (Å²) in [4.78, 5) is 0.414. The Balaban J connectivity index is 3.29. The highest BCUT2D eigenvalue weighted by atomic mass is 35.5. The largest absolute Gasteiger partial charge is 0.397 e. The molecule has 0 aliphatic carbocycles. The molecule has 0 saturated carbocycles. The van der Waals surface area contributed by atoms with Crippen molar-refractivity contribution in [3.63, 3.8) is 0 Å². The number of anilines is 1. The molecule has 0 saturated heterocycles. The number of hydrogen-bond acceptors (Lipinski definition) is 2. The van der Waals surface area contributed by atoms with Crippen LogP contribution >= 0.6 is 23.4 Å². The van der Waals surface area contributed by atoms with Crippen LogP contribution in [0.15, 0.2) is 17.0 Å². The first-order valence-corrected chi connectivity index (χ1v) is 4.54. The molecule has 0 heterocycles. The maximum atomic E-state index is 12.9. The molecule has 0 radical (unpaired) electrons. The number of hydrogen-bond donors (Lipinski definition) is 1. The molecule has 0 aliphatic rings. The summed E-state index contributed by atoms with van der Waals surface area (Å²) in [5.74, 6) is -0.320. The van der Waals surface area contributed by atoms with Gasteiger partial charge in [0.25, 0.3) is 0 Å². The summed E-state index contributed by atoms with van der Waals surface area (Å²) >= 11 is 6.91. The van der Waals surface area contributed by atoms with E-state index < -0.39 is 0 Å². The fourth-order valence-corrected chi connectivity index (χ4v) is 1.56. The highest BCUT2D eigenvalue weighted by Crippen LogP contribution is 2.31. The number of rotatable bonds is 1. The molecule has 0 bridgehead atoms. The van der Waals surface area contributed by atoms with Gasteiger partial charge in [0.05, 0.1) is 15.6 Å².